The van der Waals surface area contributed by atoms with Crippen LogP contribution in [0.3, 0.4) is 0 Å². The lowest BCUT2D eigenvalue weighted by Crippen LogP contribution is -2.24. The predicted octanol–water partition coefficient (Wildman–Crippen LogP) is 4.17. The second-order valence-electron chi connectivity index (χ2n) is 9.26. The van der Waals surface area contributed by atoms with Gasteiger partial charge in [-0.2, -0.15) is 0 Å². The van der Waals surface area contributed by atoms with Crippen LogP contribution in [0.2, 0.25) is 0 Å². The third-order valence-corrected chi connectivity index (χ3v) is 7.31. The number of thioether (sulfide) groups is 1. The summed E-state index contributed by atoms with van der Waals surface area (Å²) in [4.78, 5) is 12.6. The Morgan fingerprint density at radius 3 is 2.77 bits per heavy atom. The monoisotopic (exact) mass is 492 g/mol. The van der Waals surface area contributed by atoms with E-state index in [2.05, 4.69) is 33.1 Å². The standard InChI is InChI=1S/C26H28N4O4S/c1-16-11-19-12-17(3-7-21(19)34-16)14-27-24(31)15-35-26-29-28-25(30(26)20-5-6-20)18-4-8-22-23(13-18)33-10-2-9-32-22/h3-4,7-8,12-13,16,20H,2,5-6,9-11,14-15H2,1H3,(H,27,31). The maximum atomic E-state index is 12.6. The topological polar surface area (TPSA) is 87.5 Å². The van der Waals surface area contributed by atoms with Crippen molar-refractivity contribution in [1.82, 2.24) is 20.1 Å². The van der Waals surface area contributed by atoms with Gasteiger partial charge in [0, 0.05) is 31.0 Å². The van der Waals surface area contributed by atoms with E-state index < -0.39 is 0 Å². The molecule has 182 valence electrons. The molecule has 1 saturated carbocycles. The molecule has 1 atom stereocenters. The summed E-state index contributed by atoms with van der Waals surface area (Å²) in [5.74, 6) is 3.53. The van der Waals surface area contributed by atoms with E-state index in [-0.39, 0.29) is 17.8 Å². The van der Waals surface area contributed by atoms with E-state index in [0.29, 0.717) is 25.8 Å². The van der Waals surface area contributed by atoms with Gasteiger partial charge < -0.3 is 19.5 Å². The van der Waals surface area contributed by atoms with Gasteiger partial charge in [0.15, 0.2) is 22.5 Å². The van der Waals surface area contributed by atoms with E-state index in [9.17, 15) is 4.79 Å². The molecule has 1 fully saturated rings. The molecule has 3 heterocycles. The van der Waals surface area contributed by atoms with Crippen LogP contribution < -0.4 is 19.5 Å². The normalized spacial score (nSPS) is 18.5. The van der Waals surface area contributed by atoms with Gasteiger partial charge >= 0.3 is 0 Å². The Morgan fingerprint density at radius 2 is 1.91 bits per heavy atom. The third kappa shape index (κ3) is 4.82. The Hall–Kier alpha value is -3.20. The minimum absolute atomic E-state index is 0.0254. The van der Waals surface area contributed by atoms with Crippen molar-refractivity contribution >= 4 is 17.7 Å². The average molecular weight is 493 g/mol. The number of rotatable bonds is 7. The highest BCUT2D eigenvalue weighted by atomic mass is 32.2. The zero-order chi connectivity index (χ0) is 23.8. The predicted molar refractivity (Wildman–Crippen MR) is 132 cm³/mol. The van der Waals surface area contributed by atoms with Gasteiger partial charge in [-0.3, -0.25) is 9.36 Å². The second kappa shape index (κ2) is 9.45. The number of hydrogen-bond donors (Lipinski definition) is 1. The number of carbonyl (C=O) groups is 1. The fourth-order valence-corrected chi connectivity index (χ4v) is 5.34. The number of hydrogen-bond acceptors (Lipinski definition) is 7. The SMILES string of the molecule is CC1Cc2cc(CNC(=O)CSc3nnc(-c4ccc5c(c4)OCCCO5)n3C3CC3)ccc2O1. The lowest BCUT2D eigenvalue weighted by Gasteiger charge is -2.11. The van der Waals surface area contributed by atoms with Gasteiger partial charge in [0.2, 0.25) is 5.91 Å². The molecule has 2 aromatic carbocycles. The molecule has 35 heavy (non-hydrogen) atoms. The molecule has 0 spiro atoms. The van der Waals surface area contributed by atoms with Crippen molar-refractivity contribution in [3.8, 4) is 28.6 Å². The van der Waals surface area contributed by atoms with Crippen LogP contribution in [0.5, 0.6) is 17.2 Å². The minimum Gasteiger partial charge on any atom is -0.490 e. The molecular formula is C26H28N4O4S. The van der Waals surface area contributed by atoms with Crippen molar-refractivity contribution in [1.29, 1.82) is 0 Å². The Morgan fingerprint density at radius 1 is 1.09 bits per heavy atom. The molecule has 0 radical (unpaired) electrons. The molecule has 3 aromatic rings. The Kier molecular flexibility index (Phi) is 6.01. The van der Waals surface area contributed by atoms with Gasteiger partial charge in [0.05, 0.1) is 19.0 Å². The van der Waals surface area contributed by atoms with Crippen molar-refractivity contribution < 1.29 is 19.0 Å². The van der Waals surface area contributed by atoms with Gasteiger partial charge in [0.1, 0.15) is 11.9 Å². The maximum Gasteiger partial charge on any atom is 0.230 e. The average Bonchev–Trinajstić information content (AvgIpc) is 3.56. The molecule has 3 aliphatic rings. The van der Waals surface area contributed by atoms with Crippen LogP contribution in [0.25, 0.3) is 11.4 Å². The lowest BCUT2D eigenvalue weighted by atomic mass is 10.1. The molecule has 1 N–H and O–H groups in total. The third-order valence-electron chi connectivity index (χ3n) is 6.36. The van der Waals surface area contributed by atoms with Crippen molar-refractivity contribution in [2.24, 2.45) is 0 Å². The summed E-state index contributed by atoms with van der Waals surface area (Å²) < 4.78 is 19.5. The summed E-state index contributed by atoms with van der Waals surface area (Å²) in [6, 6.07) is 12.4. The molecule has 2 aliphatic heterocycles. The molecule has 9 heteroatoms. The van der Waals surface area contributed by atoms with Crippen LogP contribution in [-0.4, -0.2) is 45.7 Å². The number of amides is 1. The second-order valence-corrected chi connectivity index (χ2v) is 10.2. The fraction of sp³-hybridized carbons (Fsp3) is 0.423. The fourth-order valence-electron chi connectivity index (χ4n) is 4.50. The van der Waals surface area contributed by atoms with Crippen LogP contribution in [0.1, 0.15) is 43.4 Å². The first-order valence-corrected chi connectivity index (χ1v) is 13.2. The summed E-state index contributed by atoms with van der Waals surface area (Å²) in [6.45, 7) is 3.87. The summed E-state index contributed by atoms with van der Waals surface area (Å²) in [6.07, 6.45) is 4.18. The number of nitrogens with one attached hydrogen (secondary N) is 1. The molecule has 1 amide bonds. The van der Waals surface area contributed by atoms with Gasteiger partial charge in [-0.05, 0) is 55.2 Å². The Labute approximate surface area is 208 Å². The number of carbonyl (C=O) groups excluding carboxylic acids is 1. The number of fused-ring (bicyclic) bond motifs is 2. The van der Waals surface area contributed by atoms with Crippen LogP contribution in [0.4, 0.5) is 0 Å². The molecule has 8 nitrogen and oxygen atoms in total. The van der Waals surface area contributed by atoms with Crippen molar-refractivity contribution in [3.63, 3.8) is 0 Å². The number of aromatic nitrogens is 3. The molecule has 1 unspecified atom stereocenters. The van der Waals surface area contributed by atoms with E-state index in [1.165, 1.54) is 17.3 Å². The van der Waals surface area contributed by atoms with Crippen molar-refractivity contribution in [2.45, 2.75) is 56.5 Å². The Bertz CT molecular complexity index is 1260. The first-order chi connectivity index (χ1) is 17.1. The van der Waals surface area contributed by atoms with E-state index in [4.69, 9.17) is 14.2 Å². The van der Waals surface area contributed by atoms with Crippen molar-refractivity contribution in [3.05, 3.63) is 47.5 Å². The Balaban J connectivity index is 1.11. The summed E-state index contributed by atoms with van der Waals surface area (Å²) in [5, 5.41) is 12.7. The first-order valence-electron chi connectivity index (χ1n) is 12.2. The van der Waals surface area contributed by atoms with Crippen LogP contribution >= 0.6 is 11.8 Å². The summed E-state index contributed by atoms with van der Waals surface area (Å²) >= 11 is 1.43. The lowest BCUT2D eigenvalue weighted by molar-refractivity contribution is -0.118. The zero-order valence-electron chi connectivity index (χ0n) is 19.7. The van der Waals surface area contributed by atoms with Crippen LogP contribution in [-0.2, 0) is 17.8 Å². The highest BCUT2D eigenvalue weighted by Crippen LogP contribution is 2.42. The van der Waals surface area contributed by atoms with Gasteiger partial charge in [0.25, 0.3) is 0 Å². The molecule has 0 bridgehead atoms. The highest BCUT2D eigenvalue weighted by molar-refractivity contribution is 7.99. The summed E-state index contributed by atoms with van der Waals surface area (Å²) in [7, 11) is 0. The number of ether oxygens (including phenoxy) is 3. The van der Waals surface area contributed by atoms with Gasteiger partial charge in [-0.1, -0.05) is 23.9 Å². The molecule has 1 aromatic heterocycles. The summed E-state index contributed by atoms with van der Waals surface area (Å²) in [5.41, 5.74) is 3.23. The van der Waals surface area contributed by atoms with E-state index in [1.807, 2.05) is 30.3 Å². The molecule has 0 saturated heterocycles. The largest absolute Gasteiger partial charge is 0.490 e. The molecule has 1 aliphatic carbocycles. The number of nitrogens with zero attached hydrogens (tertiary/aromatic N) is 3. The van der Waals surface area contributed by atoms with E-state index in [0.717, 1.165) is 65.0 Å². The van der Waals surface area contributed by atoms with E-state index in [1.54, 1.807) is 0 Å². The molecular weight excluding hydrogens is 464 g/mol. The van der Waals surface area contributed by atoms with E-state index >= 15 is 0 Å². The van der Waals surface area contributed by atoms with Crippen LogP contribution in [0.15, 0.2) is 41.6 Å². The van der Waals surface area contributed by atoms with Crippen LogP contribution in [0, 0.1) is 0 Å². The smallest absolute Gasteiger partial charge is 0.230 e. The number of benzene rings is 2. The quantitative estimate of drug-likeness (QED) is 0.495. The minimum atomic E-state index is -0.0254. The maximum absolute atomic E-state index is 12.6. The highest BCUT2D eigenvalue weighted by Gasteiger charge is 2.31. The van der Waals surface area contributed by atoms with Gasteiger partial charge in [-0.25, -0.2) is 0 Å². The molecule has 6 rings (SSSR count). The zero-order valence-corrected chi connectivity index (χ0v) is 20.5. The first kappa shape index (κ1) is 22.3. The van der Waals surface area contributed by atoms with Gasteiger partial charge in [-0.15, -0.1) is 10.2 Å². The van der Waals surface area contributed by atoms with Crippen molar-refractivity contribution in [2.75, 3.05) is 19.0 Å².